The summed E-state index contributed by atoms with van der Waals surface area (Å²) < 4.78 is 4.79. The van der Waals surface area contributed by atoms with Crippen molar-refractivity contribution in [1.82, 2.24) is 0 Å². The molecular formula is C7H8N2O. The predicted octanol–water partition coefficient (Wildman–Crippen LogP) is 1.19. The maximum atomic E-state index is 8.27. The van der Waals surface area contributed by atoms with E-state index in [2.05, 4.69) is 0 Å². The fourth-order valence-electron chi connectivity index (χ4n) is 0.702. The van der Waals surface area contributed by atoms with E-state index < -0.39 is 0 Å². The van der Waals surface area contributed by atoms with Crippen molar-refractivity contribution in [2.24, 2.45) is 5.73 Å². The minimum absolute atomic E-state index is 0.205. The Morgan fingerprint density at radius 3 is 3.10 bits per heavy atom. The Morgan fingerprint density at radius 2 is 2.60 bits per heavy atom. The third kappa shape index (κ3) is 1.36. The van der Waals surface area contributed by atoms with E-state index in [0.717, 1.165) is 5.56 Å². The molecule has 1 rings (SSSR count). The van der Waals surface area contributed by atoms with Gasteiger partial charge in [0.1, 0.15) is 0 Å². The van der Waals surface area contributed by atoms with Crippen LogP contribution >= 0.6 is 0 Å². The van der Waals surface area contributed by atoms with E-state index in [1.54, 1.807) is 18.6 Å². The lowest BCUT2D eigenvalue weighted by Crippen LogP contribution is -2.07. The summed E-state index contributed by atoms with van der Waals surface area (Å²) in [4.78, 5) is 0. The number of nitrogens with zero attached hydrogens (tertiary/aromatic N) is 1. The lowest BCUT2D eigenvalue weighted by Gasteiger charge is -2.00. The molecule has 2 N–H and O–H groups in total. The van der Waals surface area contributed by atoms with Gasteiger partial charge in [-0.05, 0) is 6.07 Å². The highest BCUT2D eigenvalue weighted by atomic mass is 16.3. The molecule has 0 radical (unpaired) electrons. The SMILES string of the molecule is N#CC[C@@H](N)c1ccoc1. The zero-order chi connectivity index (χ0) is 7.40. The minimum Gasteiger partial charge on any atom is -0.472 e. The van der Waals surface area contributed by atoms with Gasteiger partial charge in [0.05, 0.1) is 25.0 Å². The maximum absolute atomic E-state index is 8.27. The van der Waals surface area contributed by atoms with E-state index >= 15 is 0 Å². The van der Waals surface area contributed by atoms with E-state index in [0.29, 0.717) is 6.42 Å². The Labute approximate surface area is 59.1 Å². The Morgan fingerprint density at radius 1 is 1.80 bits per heavy atom. The molecule has 0 aliphatic carbocycles. The molecule has 0 aromatic carbocycles. The summed E-state index contributed by atoms with van der Waals surface area (Å²) in [5, 5.41) is 8.27. The van der Waals surface area contributed by atoms with Crippen LogP contribution in [0.25, 0.3) is 0 Å². The van der Waals surface area contributed by atoms with Gasteiger partial charge in [-0.2, -0.15) is 5.26 Å². The van der Waals surface area contributed by atoms with E-state index in [1.165, 1.54) is 0 Å². The van der Waals surface area contributed by atoms with Crippen LogP contribution in [0.15, 0.2) is 23.0 Å². The second-order valence-corrected chi connectivity index (χ2v) is 2.03. The molecule has 1 atom stereocenters. The molecule has 1 aromatic rings. The average Bonchev–Trinajstić information content (AvgIpc) is 2.38. The number of rotatable bonds is 2. The molecule has 0 aliphatic rings. The van der Waals surface area contributed by atoms with Gasteiger partial charge in [0.2, 0.25) is 0 Å². The number of nitrogens with two attached hydrogens (primary N) is 1. The molecule has 10 heavy (non-hydrogen) atoms. The summed E-state index contributed by atoms with van der Waals surface area (Å²) in [5.74, 6) is 0. The standard InChI is InChI=1S/C7H8N2O/c8-3-1-7(9)6-2-4-10-5-6/h2,4-5,7H,1,9H2/t7-/m1/s1. The summed E-state index contributed by atoms with van der Waals surface area (Å²) in [5.41, 5.74) is 6.44. The van der Waals surface area contributed by atoms with Gasteiger partial charge < -0.3 is 10.2 Å². The van der Waals surface area contributed by atoms with Gasteiger partial charge in [-0.25, -0.2) is 0 Å². The number of nitriles is 1. The third-order valence-corrected chi connectivity index (χ3v) is 1.28. The molecule has 0 spiro atoms. The van der Waals surface area contributed by atoms with Crippen molar-refractivity contribution in [2.75, 3.05) is 0 Å². The molecule has 0 saturated carbocycles. The van der Waals surface area contributed by atoms with Crippen molar-refractivity contribution < 1.29 is 4.42 Å². The molecule has 3 nitrogen and oxygen atoms in total. The molecule has 0 unspecified atom stereocenters. The van der Waals surface area contributed by atoms with Gasteiger partial charge >= 0.3 is 0 Å². The summed E-state index contributed by atoms with van der Waals surface area (Å²) in [6, 6.07) is 3.55. The van der Waals surface area contributed by atoms with E-state index in [-0.39, 0.29) is 6.04 Å². The van der Waals surface area contributed by atoms with Crippen LogP contribution < -0.4 is 5.73 Å². The van der Waals surface area contributed by atoms with Crippen LogP contribution in [-0.2, 0) is 0 Å². The highest BCUT2D eigenvalue weighted by Gasteiger charge is 2.04. The van der Waals surface area contributed by atoms with Gasteiger partial charge in [0.15, 0.2) is 0 Å². The summed E-state index contributed by atoms with van der Waals surface area (Å²) >= 11 is 0. The fraction of sp³-hybridized carbons (Fsp3) is 0.286. The molecule has 1 heterocycles. The Hall–Kier alpha value is -1.27. The zero-order valence-corrected chi connectivity index (χ0v) is 5.45. The molecule has 1 aromatic heterocycles. The Kier molecular flexibility index (Phi) is 2.08. The van der Waals surface area contributed by atoms with Crippen LogP contribution in [0, 0.1) is 11.3 Å². The fourth-order valence-corrected chi connectivity index (χ4v) is 0.702. The third-order valence-electron chi connectivity index (χ3n) is 1.28. The highest BCUT2D eigenvalue weighted by molar-refractivity contribution is 5.12. The summed E-state index contributed by atoms with van der Waals surface area (Å²) in [6.45, 7) is 0. The number of hydrogen-bond acceptors (Lipinski definition) is 3. The lowest BCUT2D eigenvalue weighted by atomic mass is 10.1. The first kappa shape index (κ1) is 6.84. The van der Waals surface area contributed by atoms with Crippen LogP contribution in [0.2, 0.25) is 0 Å². The smallest absolute Gasteiger partial charge is 0.0950 e. The van der Waals surface area contributed by atoms with Crippen LogP contribution in [0.3, 0.4) is 0 Å². The van der Waals surface area contributed by atoms with E-state index in [9.17, 15) is 0 Å². The zero-order valence-electron chi connectivity index (χ0n) is 5.45. The molecule has 0 fully saturated rings. The van der Waals surface area contributed by atoms with Crippen LogP contribution in [0.5, 0.6) is 0 Å². The van der Waals surface area contributed by atoms with Gasteiger partial charge in [-0.1, -0.05) is 0 Å². The molecule has 0 bridgehead atoms. The van der Waals surface area contributed by atoms with Crippen molar-refractivity contribution >= 4 is 0 Å². The van der Waals surface area contributed by atoms with Crippen molar-refractivity contribution in [3.8, 4) is 6.07 Å². The van der Waals surface area contributed by atoms with E-state index in [4.69, 9.17) is 15.4 Å². The van der Waals surface area contributed by atoms with Gasteiger partial charge in [-0.15, -0.1) is 0 Å². The van der Waals surface area contributed by atoms with Crippen LogP contribution in [-0.4, -0.2) is 0 Å². The van der Waals surface area contributed by atoms with Crippen molar-refractivity contribution in [3.63, 3.8) is 0 Å². The quantitative estimate of drug-likeness (QED) is 0.664. The summed E-state index contributed by atoms with van der Waals surface area (Å²) in [6.07, 6.45) is 3.44. The molecular weight excluding hydrogens is 128 g/mol. The minimum atomic E-state index is -0.205. The van der Waals surface area contributed by atoms with E-state index in [1.807, 2.05) is 6.07 Å². The second kappa shape index (κ2) is 3.04. The van der Waals surface area contributed by atoms with Gasteiger partial charge in [-0.3, -0.25) is 0 Å². The first-order chi connectivity index (χ1) is 4.84. The van der Waals surface area contributed by atoms with Crippen LogP contribution in [0.1, 0.15) is 18.0 Å². The lowest BCUT2D eigenvalue weighted by molar-refractivity contribution is 0.559. The average molecular weight is 136 g/mol. The van der Waals surface area contributed by atoms with Crippen molar-refractivity contribution in [3.05, 3.63) is 24.2 Å². The highest BCUT2D eigenvalue weighted by Crippen LogP contribution is 2.12. The summed E-state index contributed by atoms with van der Waals surface area (Å²) in [7, 11) is 0. The Balaban J connectivity index is 2.61. The van der Waals surface area contributed by atoms with Gasteiger partial charge in [0, 0.05) is 11.6 Å². The normalized spacial score (nSPS) is 12.4. The molecule has 0 aliphatic heterocycles. The van der Waals surface area contributed by atoms with Crippen LogP contribution in [0.4, 0.5) is 0 Å². The topological polar surface area (TPSA) is 63.0 Å². The molecule has 0 amide bonds. The second-order valence-electron chi connectivity index (χ2n) is 2.03. The largest absolute Gasteiger partial charge is 0.472 e. The predicted molar refractivity (Wildman–Crippen MR) is 35.9 cm³/mol. The number of furan rings is 1. The van der Waals surface area contributed by atoms with Crippen molar-refractivity contribution in [2.45, 2.75) is 12.5 Å². The first-order valence-electron chi connectivity index (χ1n) is 2.99. The molecule has 0 saturated heterocycles. The monoisotopic (exact) mass is 136 g/mol. The van der Waals surface area contributed by atoms with Crippen molar-refractivity contribution in [1.29, 1.82) is 5.26 Å². The number of hydrogen-bond donors (Lipinski definition) is 1. The molecule has 3 heteroatoms. The first-order valence-corrected chi connectivity index (χ1v) is 2.99. The Bertz CT molecular complexity index is 222. The van der Waals surface area contributed by atoms with Gasteiger partial charge in [0.25, 0.3) is 0 Å². The maximum Gasteiger partial charge on any atom is 0.0950 e. The molecule has 52 valence electrons.